The third-order valence-corrected chi connectivity index (χ3v) is 3.96. The Morgan fingerprint density at radius 3 is 2.50 bits per heavy atom. The van der Waals surface area contributed by atoms with Crippen molar-refractivity contribution >= 4 is 19.7 Å². The van der Waals surface area contributed by atoms with Gasteiger partial charge in [0, 0.05) is 24.2 Å². The van der Waals surface area contributed by atoms with E-state index in [2.05, 4.69) is 10.2 Å². The molecule has 0 aliphatic heterocycles. The molecule has 0 N–H and O–H groups in total. The van der Waals surface area contributed by atoms with Crippen molar-refractivity contribution in [3.8, 4) is 0 Å². The molecule has 0 spiro atoms. The first kappa shape index (κ1) is 13.0. The van der Waals surface area contributed by atoms with Crippen LogP contribution in [0.25, 0.3) is 0 Å². The lowest BCUT2D eigenvalue weighted by molar-refractivity contribution is 0.591. The minimum Gasteiger partial charge on any atom is -0.304 e. The molecule has 0 saturated carbocycles. The second-order valence-electron chi connectivity index (χ2n) is 4.00. The van der Waals surface area contributed by atoms with E-state index in [9.17, 15) is 8.42 Å². The smallest absolute Gasteiger partial charge is 0.296 e. The van der Waals surface area contributed by atoms with E-state index in [0.717, 1.165) is 11.1 Å². The van der Waals surface area contributed by atoms with Crippen molar-refractivity contribution in [3.63, 3.8) is 0 Å². The van der Waals surface area contributed by atoms with Crippen LogP contribution in [0.4, 0.5) is 0 Å². The minimum atomic E-state index is -3.85. The molecule has 0 amide bonds. The lowest BCUT2D eigenvalue weighted by Gasteiger charge is -2.05. The zero-order chi connectivity index (χ0) is 13.3. The molecule has 1 aromatic carbocycles. The molecule has 0 bridgehead atoms. The van der Waals surface area contributed by atoms with Gasteiger partial charge in [-0.05, 0) is 18.1 Å². The molecule has 0 saturated heterocycles. The molecule has 2 aromatic rings. The van der Waals surface area contributed by atoms with Crippen molar-refractivity contribution in [2.24, 2.45) is 7.05 Å². The van der Waals surface area contributed by atoms with Gasteiger partial charge in [0.1, 0.15) is 5.82 Å². The van der Waals surface area contributed by atoms with Gasteiger partial charge in [0.15, 0.2) is 0 Å². The average Bonchev–Trinajstić information content (AvgIpc) is 2.63. The third-order valence-electron chi connectivity index (χ3n) is 2.75. The van der Waals surface area contributed by atoms with Gasteiger partial charge in [0.2, 0.25) is 0 Å². The summed E-state index contributed by atoms with van der Waals surface area (Å²) in [6.45, 7) is 1.99. The van der Waals surface area contributed by atoms with Gasteiger partial charge in [-0.2, -0.15) is 0 Å². The van der Waals surface area contributed by atoms with Crippen molar-refractivity contribution < 1.29 is 8.42 Å². The predicted molar refractivity (Wildman–Crippen MR) is 68.0 cm³/mol. The molecular formula is C11H12ClN3O2S. The maximum Gasteiger partial charge on any atom is 0.296 e. The van der Waals surface area contributed by atoms with Crippen LogP contribution in [-0.2, 0) is 22.5 Å². The second kappa shape index (κ2) is 4.70. The molecule has 0 aliphatic carbocycles. The molecule has 1 aromatic heterocycles. The summed E-state index contributed by atoms with van der Waals surface area (Å²) < 4.78 is 23.9. The summed E-state index contributed by atoms with van der Waals surface area (Å²) in [6.07, 6.45) is 0.516. The van der Waals surface area contributed by atoms with Crippen molar-refractivity contribution in [1.82, 2.24) is 14.8 Å². The zero-order valence-electron chi connectivity index (χ0n) is 9.96. The fourth-order valence-corrected chi connectivity index (χ4v) is 2.66. The summed E-state index contributed by atoms with van der Waals surface area (Å²) in [5.74, 6) is 0.559. The van der Waals surface area contributed by atoms with Crippen molar-refractivity contribution in [2.45, 2.75) is 18.5 Å². The fraction of sp³-hybridized carbons (Fsp3) is 0.273. The summed E-state index contributed by atoms with van der Waals surface area (Å²) in [5, 5.41) is 7.24. The molecular weight excluding hydrogens is 274 g/mol. The Morgan fingerprint density at radius 2 is 1.94 bits per heavy atom. The van der Waals surface area contributed by atoms with Gasteiger partial charge in [-0.25, -0.2) is 8.42 Å². The number of aryl methyl sites for hydroxylation is 1. The number of aromatic nitrogens is 3. The summed E-state index contributed by atoms with van der Waals surface area (Å²) in [6, 6.07) is 7.84. The second-order valence-corrected chi connectivity index (χ2v) is 6.46. The zero-order valence-corrected chi connectivity index (χ0v) is 11.5. The van der Waals surface area contributed by atoms with Crippen LogP contribution in [0.15, 0.2) is 29.4 Å². The van der Waals surface area contributed by atoms with Crippen molar-refractivity contribution in [2.75, 3.05) is 0 Å². The monoisotopic (exact) mass is 285 g/mol. The number of rotatable bonds is 3. The summed E-state index contributed by atoms with van der Waals surface area (Å²) in [4.78, 5) is 0. The van der Waals surface area contributed by atoms with Gasteiger partial charge in [-0.1, -0.05) is 24.3 Å². The molecule has 18 heavy (non-hydrogen) atoms. The van der Waals surface area contributed by atoms with E-state index in [4.69, 9.17) is 10.7 Å². The highest BCUT2D eigenvalue weighted by Gasteiger charge is 2.20. The van der Waals surface area contributed by atoms with Gasteiger partial charge < -0.3 is 4.57 Å². The SMILES string of the molecule is Cc1ccccc1Cc1nnc(S(=O)(=O)Cl)n1C. The summed E-state index contributed by atoms with van der Waals surface area (Å²) >= 11 is 0. The Hall–Kier alpha value is -1.40. The standard InChI is InChI=1S/C11H12ClN3O2S/c1-8-5-3-4-6-9(8)7-10-13-14-11(15(10)2)18(12,16)17/h3-6H,7H2,1-2H3. The normalized spacial score (nSPS) is 11.7. The van der Waals surface area contributed by atoms with Crippen LogP contribution in [0.5, 0.6) is 0 Å². The minimum absolute atomic E-state index is 0.229. The van der Waals surface area contributed by atoms with Gasteiger partial charge in [-0.15, -0.1) is 10.2 Å². The number of hydrogen-bond acceptors (Lipinski definition) is 4. The molecule has 1 heterocycles. The Balaban J connectivity index is 2.38. The topological polar surface area (TPSA) is 64.8 Å². The van der Waals surface area contributed by atoms with E-state index in [1.165, 1.54) is 4.57 Å². The molecule has 0 fully saturated rings. The van der Waals surface area contributed by atoms with Crippen LogP contribution in [0, 0.1) is 6.92 Å². The highest BCUT2D eigenvalue weighted by atomic mass is 35.7. The maximum absolute atomic E-state index is 11.2. The maximum atomic E-state index is 11.2. The Morgan fingerprint density at radius 1 is 1.28 bits per heavy atom. The number of benzene rings is 1. The first-order chi connectivity index (χ1) is 8.39. The largest absolute Gasteiger partial charge is 0.304 e. The molecule has 0 radical (unpaired) electrons. The van der Waals surface area contributed by atoms with Crippen LogP contribution in [0.1, 0.15) is 17.0 Å². The number of nitrogens with zero attached hydrogens (tertiary/aromatic N) is 3. The lowest BCUT2D eigenvalue weighted by Crippen LogP contribution is -2.05. The van der Waals surface area contributed by atoms with Crippen LogP contribution in [0.2, 0.25) is 0 Å². The van der Waals surface area contributed by atoms with Crippen LogP contribution in [-0.4, -0.2) is 23.2 Å². The van der Waals surface area contributed by atoms with Gasteiger partial charge in [0.25, 0.3) is 14.2 Å². The number of halogens is 1. The van der Waals surface area contributed by atoms with E-state index >= 15 is 0 Å². The Bertz CT molecular complexity index is 679. The summed E-state index contributed by atoms with van der Waals surface area (Å²) in [7, 11) is 2.99. The van der Waals surface area contributed by atoms with E-state index in [1.807, 2.05) is 31.2 Å². The highest BCUT2D eigenvalue weighted by molar-refractivity contribution is 8.13. The van der Waals surface area contributed by atoms with E-state index in [1.54, 1.807) is 7.05 Å². The van der Waals surface area contributed by atoms with E-state index in [0.29, 0.717) is 12.2 Å². The first-order valence-electron chi connectivity index (χ1n) is 5.27. The molecule has 5 nitrogen and oxygen atoms in total. The molecule has 7 heteroatoms. The molecule has 0 unspecified atom stereocenters. The lowest BCUT2D eigenvalue weighted by atomic mass is 10.1. The van der Waals surface area contributed by atoms with Gasteiger partial charge in [0.05, 0.1) is 0 Å². The van der Waals surface area contributed by atoms with Gasteiger partial charge >= 0.3 is 0 Å². The molecule has 0 aliphatic rings. The Kier molecular flexibility index (Phi) is 3.41. The summed E-state index contributed by atoms with van der Waals surface area (Å²) in [5.41, 5.74) is 2.20. The first-order valence-corrected chi connectivity index (χ1v) is 7.58. The fourth-order valence-electron chi connectivity index (χ4n) is 1.69. The van der Waals surface area contributed by atoms with E-state index in [-0.39, 0.29) is 5.16 Å². The highest BCUT2D eigenvalue weighted by Crippen LogP contribution is 2.16. The van der Waals surface area contributed by atoms with Crippen molar-refractivity contribution in [1.29, 1.82) is 0 Å². The third kappa shape index (κ3) is 2.54. The number of hydrogen-bond donors (Lipinski definition) is 0. The van der Waals surface area contributed by atoms with Crippen LogP contribution < -0.4 is 0 Å². The van der Waals surface area contributed by atoms with E-state index < -0.39 is 9.05 Å². The van der Waals surface area contributed by atoms with Crippen LogP contribution in [0.3, 0.4) is 0 Å². The predicted octanol–water partition coefficient (Wildman–Crippen LogP) is 1.64. The quantitative estimate of drug-likeness (QED) is 0.804. The van der Waals surface area contributed by atoms with Crippen molar-refractivity contribution in [3.05, 3.63) is 41.2 Å². The molecule has 2 rings (SSSR count). The molecule has 0 atom stereocenters. The van der Waals surface area contributed by atoms with Crippen LogP contribution >= 0.6 is 10.7 Å². The van der Waals surface area contributed by atoms with Gasteiger partial charge in [-0.3, -0.25) is 0 Å². The Labute approximate surface area is 110 Å². The molecule has 96 valence electrons. The average molecular weight is 286 g/mol.